The highest BCUT2D eigenvalue weighted by atomic mass is 79.9. The fourth-order valence-electron chi connectivity index (χ4n) is 3.36. The second-order valence-corrected chi connectivity index (χ2v) is 9.81. The summed E-state index contributed by atoms with van der Waals surface area (Å²) < 4.78 is 10.9. The van der Waals surface area contributed by atoms with Crippen LogP contribution in [0.3, 0.4) is 0 Å². The first-order chi connectivity index (χ1) is 16.4. The van der Waals surface area contributed by atoms with Gasteiger partial charge in [-0.1, -0.05) is 15.9 Å². The molecular weight excluding hydrogens is 518 g/mol. The average Bonchev–Trinajstić information content (AvgIpc) is 3.22. The van der Waals surface area contributed by atoms with Gasteiger partial charge in [-0.3, -0.25) is 0 Å². The number of esters is 1. The van der Waals surface area contributed by atoms with Crippen LogP contribution in [0.25, 0.3) is 0 Å². The number of carbonyl (C=O) groups is 3. The fourth-order valence-corrected chi connectivity index (χ4v) is 3.62. The molecule has 10 heteroatoms. The molecule has 1 unspecified atom stereocenters. The fraction of sp³-hybridized carbons (Fsp3) is 0.280. The number of amidine groups is 1. The van der Waals surface area contributed by atoms with E-state index >= 15 is 0 Å². The summed E-state index contributed by atoms with van der Waals surface area (Å²) in [4.78, 5) is 42.7. The molecule has 0 saturated heterocycles. The van der Waals surface area contributed by atoms with E-state index < -0.39 is 28.2 Å². The van der Waals surface area contributed by atoms with Gasteiger partial charge in [-0.05, 0) is 57.2 Å². The quantitative estimate of drug-likeness (QED) is 0.280. The number of hydrogen-bond acceptors (Lipinski definition) is 6. The molecule has 0 aliphatic carbocycles. The van der Waals surface area contributed by atoms with Crippen molar-refractivity contribution in [1.29, 1.82) is 0 Å². The molecule has 0 aromatic heterocycles. The number of benzene rings is 2. The van der Waals surface area contributed by atoms with E-state index in [4.69, 9.17) is 9.47 Å². The lowest BCUT2D eigenvalue weighted by molar-refractivity contribution is 0.0302. The van der Waals surface area contributed by atoms with Crippen molar-refractivity contribution in [2.75, 3.05) is 13.6 Å². The first-order valence-corrected chi connectivity index (χ1v) is 11.6. The first kappa shape index (κ1) is 26.1. The Kier molecular flexibility index (Phi) is 7.76. The number of amides is 2. The summed E-state index contributed by atoms with van der Waals surface area (Å²) in [6, 6.07) is 13.0. The summed E-state index contributed by atoms with van der Waals surface area (Å²) in [6.45, 7) is 5.53. The molecule has 1 aliphatic rings. The zero-order chi connectivity index (χ0) is 25.8. The first-order valence-electron chi connectivity index (χ1n) is 10.8. The number of halogens is 1. The highest BCUT2D eigenvalue weighted by Crippen LogP contribution is 2.32. The molecule has 1 heterocycles. The maximum atomic E-state index is 12.4. The van der Waals surface area contributed by atoms with Crippen LogP contribution in [0, 0.1) is 0 Å². The highest BCUT2D eigenvalue weighted by Gasteiger charge is 2.46. The second-order valence-electron chi connectivity index (χ2n) is 8.89. The molecule has 35 heavy (non-hydrogen) atoms. The van der Waals surface area contributed by atoms with Gasteiger partial charge < -0.3 is 19.5 Å². The van der Waals surface area contributed by atoms with Crippen molar-refractivity contribution in [3.8, 4) is 5.75 Å². The Bertz CT molecular complexity index is 1170. The number of aliphatic imine (C=N–C) groups is 1. The summed E-state index contributed by atoms with van der Waals surface area (Å²) in [5, 5.41) is 10.1. The van der Waals surface area contributed by atoms with E-state index in [1.807, 2.05) is 0 Å². The number of ether oxygens (including phenoxy) is 2. The Labute approximate surface area is 212 Å². The molecule has 184 valence electrons. The van der Waals surface area contributed by atoms with E-state index in [1.54, 1.807) is 64.2 Å². The second kappa shape index (κ2) is 10.4. The van der Waals surface area contributed by atoms with Crippen LogP contribution in [0.2, 0.25) is 0 Å². The molecule has 2 amide bonds. The molecule has 0 bridgehead atoms. The molecular formula is C25H27BrN3O6+. The Morgan fingerprint density at radius 3 is 2.26 bits per heavy atom. The van der Waals surface area contributed by atoms with Crippen molar-refractivity contribution in [3.05, 3.63) is 71.0 Å². The number of hydrogen-bond donors (Lipinski definition) is 1. The highest BCUT2D eigenvalue weighted by molar-refractivity contribution is 9.10. The Morgan fingerprint density at radius 1 is 1.06 bits per heavy atom. The van der Waals surface area contributed by atoms with Crippen LogP contribution < -0.4 is 9.22 Å². The third-order valence-electron chi connectivity index (χ3n) is 5.13. The number of nitrogens with zero attached hydrogens (tertiary/aromatic N) is 3. The zero-order valence-corrected chi connectivity index (χ0v) is 21.5. The van der Waals surface area contributed by atoms with E-state index in [2.05, 4.69) is 20.9 Å². The minimum atomic E-state index is -1.16. The van der Waals surface area contributed by atoms with Crippen molar-refractivity contribution in [2.45, 2.75) is 32.8 Å². The van der Waals surface area contributed by atoms with Crippen molar-refractivity contribution in [3.63, 3.8) is 0 Å². The van der Waals surface area contributed by atoms with Crippen LogP contribution in [-0.2, 0) is 4.74 Å². The predicted molar refractivity (Wildman–Crippen MR) is 135 cm³/mol. The van der Waals surface area contributed by atoms with Crippen LogP contribution in [-0.4, -0.2) is 53.2 Å². The average molecular weight is 545 g/mol. The van der Waals surface area contributed by atoms with E-state index in [-0.39, 0.29) is 18.7 Å². The molecule has 0 saturated carbocycles. The largest absolute Gasteiger partial charge is 0.529 e. The summed E-state index contributed by atoms with van der Waals surface area (Å²) in [5.74, 6) is 0.0740. The summed E-state index contributed by atoms with van der Waals surface area (Å²) in [7, 11) is 1.58. The van der Waals surface area contributed by atoms with Crippen LogP contribution >= 0.6 is 15.9 Å². The number of carbonyl (C=O) groups excluding carboxylic acids is 2. The molecule has 0 radical (unpaired) electrons. The van der Waals surface area contributed by atoms with Crippen molar-refractivity contribution in [2.24, 2.45) is 4.99 Å². The van der Waals surface area contributed by atoms with Crippen LogP contribution in [0.5, 0.6) is 5.75 Å². The van der Waals surface area contributed by atoms with Crippen molar-refractivity contribution in [1.82, 2.24) is 9.38 Å². The van der Waals surface area contributed by atoms with Crippen molar-refractivity contribution >= 4 is 45.6 Å². The van der Waals surface area contributed by atoms with Crippen LogP contribution in [0.15, 0.2) is 70.4 Å². The molecule has 3 rings (SSSR count). The molecule has 9 nitrogen and oxygen atoms in total. The summed E-state index contributed by atoms with van der Waals surface area (Å²) in [6.07, 6.45) is 1.42. The van der Waals surface area contributed by atoms with E-state index in [1.165, 1.54) is 29.4 Å². The summed E-state index contributed by atoms with van der Waals surface area (Å²) >= 11 is 3.32. The van der Waals surface area contributed by atoms with Gasteiger partial charge in [0.2, 0.25) is 5.84 Å². The van der Waals surface area contributed by atoms with Gasteiger partial charge in [-0.2, -0.15) is 4.79 Å². The normalized spacial score (nSPS) is 17.0. The zero-order valence-electron chi connectivity index (χ0n) is 19.9. The number of rotatable bonds is 6. The van der Waals surface area contributed by atoms with Gasteiger partial charge in [0.25, 0.3) is 0 Å². The van der Waals surface area contributed by atoms with Gasteiger partial charge in [0.1, 0.15) is 17.6 Å². The summed E-state index contributed by atoms with van der Waals surface area (Å²) in [5.41, 5.74) is 0.145. The molecule has 2 aromatic carbocycles. The van der Waals surface area contributed by atoms with Gasteiger partial charge in [0.15, 0.2) is 5.69 Å². The smallest absolute Gasteiger partial charge is 0.444 e. The SMILES string of the molecule is CN(CCC1=NC=C[N+]1(C(=O)O)c1ccc(OC(=O)c2ccc(Br)cc2)cc1)C(=O)OC(C)(C)C. The Morgan fingerprint density at radius 2 is 1.69 bits per heavy atom. The van der Waals surface area contributed by atoms with Crippen LogP contribution in [0.1, 0.15) is 37.6 Å². The molecule has 0 spiro atoms. The van der Waals surface area contributed by atoms with E-state index in [0.717, 1.165) is 4.47 Å². The predicted octanol–water partition coefficient (Wildman–Crippen LogP) is 5.79. The van der Waals surface area contributed by atoms with E-state index in [0.29, 0.717) is 17.1 Å². The lowest BCUT2D eigenvalue weighted by Crippen LogP contribution is -2.52. The Balaban J connectivity index is 1.74. The molecule has 1 atom stereocenters. The molecule has 1 N–H and O–H groups in total. The molecule has 1 aliphatic heterocycles. The Hall–Kier alpha value is -3.50. The van der Waals surface area contributed by atoms with Gasteiger partial charge in [0, 0.05) is 30.2 Å². The molecule has 2 aromatic rings. The van der Waals surface area contributed by atoms with Gasteiger partial charge in [0.05, 0.1) is 18.2 Å². The minimum absolute atomic E-state index is 0.204. The third kappa shape index (κ3) is 6.14. The lowest BCUT2D eigenvalue weighted by atomic mass is 10.2. The minimum Gasteiger partial charge on any atom is -0.444 e. The molecule has 0 fully saturated rings. The topological polar surface area (TPSA) is 106 Å². The lowest BCUT2D eigenvalue weighted by Gasteiger charge is -2.28. The monoisotopic (exact) mass is 544 g/mol. The van der Waals surface area contributed by atoms with Gasteiger partial charge >= 0.3 is 18.2 Å². The van der Waals surface area contributed by atoms with Crippen LogP contribution in [0.4, 0.5) is 15.3 Å². The van der Waals surface area contributed by atoms with Crippen molar-refractivity contribution < 1.29 is 29.0 Å². The number of carboxylic acid groups (broad SMARTS) is 1. The third-order valence-corrected chi connectivity index (χ3v) is 5.66. The standard InChI is InChI=1S/C25H26BrN3O6/c1-25(2,3)35-23(31)28(4)15-13-21-27-14-16-29(21,24(32)33)19-9-11-20(12-10-19)34-22(30)17-5-7-18(26)8-6-17/h5-12,14,16H,13,15H2,1-4H3/p+1. The maximum absolute atomic E-state index is 12.4. The van der Waals surface area contributed by atoms with Gasteiger partial charge in [-0.15, -0.1) is 4.48 Å². The number of quaternary nitrogens is 1. The maximum Gasteiger partial charge on any atom is 0.529 e. The van der Waals surface area contributed by atoms with E-state index in [9.17, 15) is 19.5 Å². The van der Waals surface area contributed by atoms with Gasteiger partial charge in [-0.25, -0.2) is 14.6 Å².